The second-order valence-corrected chi connectivity index (χ2v) is 5.17. The van der Waals surface area contributed by atoms with E-state index in [1.807, 2.05) is 0 Å². The Morgan fingerprint density at radius 1 is 1.33 bits per heavy atom. The summed E-state index contributed by atoms with van der Waals surface area (Å²) in [6.45, 7) is 5.12. The summed E-state index contributed by atoms with van der Waals surface area (Å²) in [6.07, 6.45) is 4.80. The first kappa shape index (κ1) is 15.5. The van der Waals surface area contributed by atoms with Gasteiger partial charge in [-0.2, -0.15) is 0 Å². The van der Waals surface area contributed by atoms with Crippen LogP contribution in [-0.2, 0) is 5.33 Å². The summed E-state index contributed by atoms with van der Waals surface area (Å²) in [5.74, 6) is 1.18. The number of hydrogen-bond donors (Lipinski definition) is 0. The van der Waals surface area contributed by atoms with Crippen LogP contribution in [0.4, 0.5) is 4.39 Å². The zero-order valence-corrected chi connectivity index (χ0v) is 12.8. The van der Waals surface area contributed by atoms with E-state index in [1.165, 1.54) is 31.4 Å². The fraction of sp³-hybridized carbons (Fsp3) is 0.600. The zero-order valence-electron chi connectivity index (χ0n) is 11.2. The van der Waals surface area contributed by atoms with Crippen LogP contribution in [0.15, 0.2) is 18.2 Å². The average molecular weight is 317 g/mol. The molecule has 102 valence electrons. The topological polar surface area (TPSA) is 9.23 Å². The molecule has 18 heavy (non-hydrogen) atoms. The lowest BCUT2D eigenvalue weighted by Crippen LogP contribution is -2.12. The molecule has 0 radical (unpaired) electrons. The minimum Gasteiger partial charge on any atom is -0.493 e. The first-order chi connectivity index (χ1) is 8.71. The smallest absolute Gasteiger partial charge is 0.123 e. The summed E-state index contributed by atoms with van der Waals surface area (Å²) in [5.41, 5.74) is 0.875. The molecule has 0 spiro atoms. The maximum Gasteiger partial charge on any atom is 0.123 e. The summed E-state index contributed by atoms with van der Waals surface area (Å²) in [5, 5.41) is 0.617. The van der Waals surface area contributed by atoms with Crippen molar-refractivity contribution in [2.75, 3.05) is 6.61 Å². The van der Waals surface area contributed by atoms with Crippen molar-refractivity contribution in [3.8, 4) is 5.75 Å². The summed E-state index contributed by atoms with van der Waals surface area (Å²) in [7, 11) is 0. The van der Waals surface area contributed by atoms with Crippen LogP contribution in [0, 0.1) is 11.7 Å². The molecule has 0 N–H and O–H groups in total. The van der Waals surface area contributed by atoms with Gasteiger partial charge in [-0.1, -0.05) is 49.0 Å². The van der Waals surface area contributed by atoms with E-state index in [2.05, 4.69) is 29.8 Å². The molecule has 0 aliphatic heterocycles. The van der Waals surface area contributed by atoms with E-state index in [0.717, 1.165) is 24.3 Å². The van der Waals surface area contributed by atoms with Crippen LogP contribution in [0.2, 0.25) is 0 Å². The van der Waals surface area contributed by atoms with Crippen molar-refractivity contribution in [2.24, 2.45) is 5.92 Å². The van der Waals surface area contributed by atoms with Gasteiger partial charge in [-0.3, -0.25) is 0 Å². The van der Waals surface area contributed by atoms with Gasteiger partial charge in [0.15, 0.2) is 0 Å². The molecule has 0 bridgehead atoms. The lowest BCUT2D eigenvalue weighted by Gasteiger charge is -2.17. The quantitative estimate of drug-likeness (QED) is 0.590. The highest BCUT2D eigenvalue weighted by Gasteiger charge is 2.09. The standard InChI is InChI=1S/C15H22BrFO/c1-3-5-6-12(4-2)11-18-15-8-7-14(17)9-13(15)10-16/h7-9,12H,3-6,10-11H2,1-2H3. The van der Waals surface area contributed by atoms with Gasteiger partial charge in [0, 0.05) is 10.9 Å². The lowest BCUT2D eigenvalue weighted by molar-refractivity contribution is 0.232. The van der Waals surface area contributed by atoms with Crippen LogP contribution in [0.3, 0.4) is 0 Å². The second-order valence-electron chi connectivity index (χ2n) is 4.61. The van der Waals surface area contributed by atoms with E-state index in [0.29, 0.717) is 11.2 Å². The van der Waals surface area contributed by atoms with Crippen molar-refractivity contribution < 1.29 is 9.13 Å². The largest absolute Gasteiger partial charge is 0.493 e. The van der Waals surface area contributed by atoms with Crippen molar-refractivity contribution in [3.05, 3.63) is 29.6 Å². The molecule has 0 heterocycles. The van der Waals surface area contributed by atoms with Gasteiger partial charge in [0.25, 0.3) is 0 Å². The summed E-state index contributed by atoms with van der Waals surface area (Å²) in [6, 6.07) is 4.70. The fourth-order valence-electron chi connectivity index (χ4n) is 1.90. The number of rotatable bonds is 8. The molecule has 0 fully saturated rings. The number of benzene rings is 1. The molecule has 0 aliphatic carbocycles. The number of unbranched alkanes of at least 4 members (excludes halogenated alkanes) is 1. The first-order valence-corrected chi connectivity index (χ1v) is 7.80. The number of alkyl halides is 1. The van der Waals surface area contributed by atoms with Crippen molar-refractivity contribution >= 4 is 15.9 Å². The van der Waals surface area contributed by atoms with Gasteiger partial charge in [-0.05, 0) is 30.5 Å². The van der Waals surface area contributed by atoms with Gasteiger partial charge >= 0.3 is 0 Å². The third-order valence-electron chi connectivity index (χ3n) is 3.18. The molecule has 0 saturated heterocycles. The van der Waals surface area contributed by atoms with Crippen molar-refractivity contribution in [1.29, 1.82) is 0 Å². The minimum absolute atomic E-state index is 0.213. The minimum atomic E-state index is -0.213. The molecular weight excluding hydrogens is 295 g/mol. The van der Waals surface area contributed by atoms with Crippen LogP contribution < -0.4 is 4.74 Å². The third kappa shape index (κ3) is 4.97. The number of halogens is 2. The van der Waals surface area contributed by atoms with Crippen molar-refractivity contribution in [1.82, 2.24) is 0 Å². The first-order valence-electron chi connectivity index (χ1n) is 6.68. The molecule has 1 aromatic rings. The van der Waals surface area contributed by atoms with E-state index >= 15 is 0 Å². The highest BCUT2D eigenvalue weighted by molar-refractivity contribution is 9.08. The van der Waals surface area contributed by atoms with E-state index in [9.17, 15) is 4.39 Å². The molecule has 1 rings (SSSR count). The highest BCUT2D eigenvalue weighted by atomic mass is 79.9. The number of hydrogen-bond acceptors (Lipinski definition) is 1. The molecule has 0 amide bonds. The molecule has 0 aromatic heterocycles. The van der Waals surface area contributed by atoms with E-state index in [4.69, 9.17) is 4.74 Å². The summed E-state index contributed by atoms with van der Waals surface area (Å²) >= 11 is 3.36. The Balaban J connectivity index is 2.56. The fourth-order valence-corrected chi connectivity index (χ4v) is 2.34. The van der Waals surface area contributed by atoms with E-state index in [-0.39, 0.29) is 5.82 Å². The van der Waals surface area contributed by atoms with Crippen molar-refractivity contribution in [3.63, 3.8) is 0 Å². The molecule has 1 aromatic carbocycles. The average Bonchev–Trinajstić information content (AvgIpc) is 2.40. The van der Waals surface area contributed by atoms with Crippen molar-refractivity contribution in [2.45, 2.75) is 44.9 Å². The van der Waals surface area contributed by atoms with Gasteiger partial charge in [-0.25, -0.2) is 4.39 Å². The molecular formula is C15H22BrFO. The summed E-state index contributed by atoms with van der Waals surface area (Å²) in [4.78, 5) is 0. The van der Waals surface area contributed by atoms with Crippen LogP contribution in [0.5, 0.6) is 5.75 Å². The summed E-state index contributed by atoms with van der Waals surface area (Å²) < 4.78 is 18.9. The Morgan fingerprint density at radius 3 is 2.72 bits per heavy atom. The van der Waals surface area contributed by atoms with Gasteiger partial charge in [-0.15, -0.1) is 0 Å². The second kappa shape index (κ2) is 8.52. The normalized spacial score (nSPS) is 12.4. The van der Waals surface area contributed by atoms with Gasteiger partial charge < -0.3 is 4.74 Å². The SMILES string of the molecule is CCCCC(CC)COc1ccc(F)cc1CBr. The Bertz CT molecular complexity index is 354. The van der Waals surface area contributed by atoms with Crippen LogP contribution in [0.1, 0.15) is 45.1 Å². The zero-order chi connectivity index (χ0) is 13.4. The molecule has 1 unspecified atom stereocenters. The molecule has 1 atom stereocenters. The Kier molecular flexibility index (Phi) is 7.33. The van der Waals surface area contributed by atoms with Crippen LogP contribution >= 0.6 is 15.9 Å². The maximum absolute atomic E-state index is 13.1. The lowest BCUT2D eigenvalue weighted by atomic mass is 10.0. The Labute approximate surface area is 118 Å². The Morgan fingerprint density at radius 2 is 2.11 bits per heavy atom. The molecule has 0 aliphatic rings. The highest BCUT2D eigenvalue weighted by Crippen LogP contribution is 2.24. The van der Waals surface area contributed by atoms with E-state index in [1.54, 1.807) is 6.07 Å². The van der Waals surface area contributed by atoms with Gasteiger partial charge in [0.05, 0.1) is 6.61 Å². The molecule has 1 nitrogen and oxygen atoms in total. The van der Waals surface area contributed by atoms with Gasteiger partial charge in [0.1, 0.15) is 11.6 Å². The molecule has 3 heteroatoms. The monoisotopic (exact) mass is 316 g/mol. The Hall–Kier alpha value is -0.570. The predicted molar refractivity (Wildman–Crippen MR) is 77.8 cm³/mol. The number of ether oxygens (including phenoxy) is 1. The van der Waals surface area contributed by atoms with Gasteiger partial charge in [0.2, 0.25) is 0 Å². The predicted octanol–water partition coefficient (Wildman–Crippen LogP) is 5.32. The van der Waals surface area contributed by atoms with Crippen LogP contribution in [-0.4, -0.2) is 6.61 Å². The van der Waals surface area contributed by atoms with Crippen LogP contribution in [0.25, 0.3) is 0 Å². The third-order valence-corrected chi connectivity index (χ3v) is 3.79. The molecule has 0 saturated carbocycles. The van der Waals surface area contributed by atoms with E-state index < -0.39 is 0 Å². The maximum atomic E-state index is 13.1.